The van der Waals surface area contributed by atoms with Crippen molar-refractivity contribution in [1.82, 2.24) is 4.90 Å². The first-order chi connectivity index (χ1) is 5.91. The molecule has 1 heterocycles. The number of Topliss-reactive ketones (excluding diaryl/α,β-unsaturated/α-hetero) is 1. The lowest BCUT2D eigenvalue weighted by molar-refractivity contribution is -0.118. The minimum atomic E-state index is 0.198. The summed E-state index contributed by atoms with van der Waals surface area (Å²) >= 11 is 0. The van der Waals surface area contributed by atoms with Crippen LogP contribution in [0, 0.1) is 0 Å². The SMILES string of the molecule is CC1CCC(=O)CCN1C(C)(C)C. The molecule has 0 spiro atoms. The molecule has 1 fully saturated rings. The first-order valence-electron chi connectivity index (χ1n) is 5.19. The number of rotatable bonds is 0. The first kappa shape index (κ1) is 10.7. The Labute approximate surface area is 81.3 Å². The number of carbonyl (C=O) groups excluding carboxylic acids is 1. The quantitative estimate of drug-likeness (QED) is 0.574. The van der Waals surface area contributed by atoms with E-state index < -0.39 is 0 Å². The smallest absolute Gasteiger partial charge is 0.134 e. The molecule has 1 saturated heterocycles. The van der Waals surface area contributed by atoms with Crippen LogP contribution in [0.25, 0.3) is 0 Å². The molecule has 1 unspecified atom stereocenters. The monoisotopic (exact) mass is 183 g/mol. The van der Waals surface area contributed by atoms with Gasteiger partial charge in [-0.15, -0.1) is 0 Å². The average Bonchev–Trinajstić information content (AvgIpc) is 2.12. The number of likely N-dealkylation sites (tertiary alicyclic amines) is 1. The third-order valence-electron chi connectivity index (χ3n) is 2.87. The van der Waals surface area contributed by atoms with Gasteiger partial charge in [-0.2, -0.15) is 0 Å². The number of hydrogen-bond donors (Lipinski definition) is 0. The van der Waals surface area contributed by atoms with Gasteiger partial charge in [-0.05, 0) is 34.1 Å². The van der Waals surface area contributed by atoms with Crippen LogP contribution in [0.1, 0.15) is 47.0 Å². The van der Waals surface area contributed by atoms with E-state index >= 15 is 0 Å². The molecule has 0 N–H and O–H groups in total. The van der Waals surface area contributed by atoms with E-state index in [1.807, 2.05) is 0 Å². The molecule has 1 aliphatic heterocycles. The van der Waals surface area contributed by atoms with Gasteiger partial charge in [0.25, 0.3) is 0 Å². The van der Waals surface area contributed by atoms with E-state index in [4.69, 9.17) is 0 Å². The van der Waals surface area contributed by atoms with Crippen LogP contribution in [0.3, 0.4) is 0 Å². The molecule has 0 bridgehead atoms. The van der Waals surface area contributed by atoms with Gasteiger partial charge in [-0.25, -0.2) is 0 Å². The van der Waals surface area contributed by atoms with Gasteiger partial charge in [-0.1, -0.05) is 0 Å². The maximum Gasteiger partial charge on any atom is 0.134 e. The first-order valence-corrected chi connectivity index (χ1v) is 5.19. The maximum absolute atomic E-state index is 11.3. The topological polar surface area (TPSA) is 20.3 Å². The Morgan fingerprint density at radius 3 is 2.46 bits per heavy atom. The summed E-state index contributed by atoms with van der Waals surface area (Å²) in [6, 6.07) is 0.548. The Balaban J connectivity index is 2.68. The van der Waals surface area contributed by atoms with Gasteiger partial charge in [0.05, 0.1) is 0 Å². The summed E-state index contributed by atoms with van der Waals surface area (Å²) in [6.07, 6.45) is 2.53. The molecule has 2 nitrogen and oxygen atoms in total. The second kappa shape index (κ2) is 3.79. The molecule has 0 amide bonds. The molecule has 1 rings (SSSR count). The molecule has 0 aliphatic carbocycles. The molecular weight excluding hydrogens is 162 g/mol. The summed E-state index contributed by atoms with van der Waals surface area (Å²) in [7, 11) is 0. The summed E-state index contributed by atoms with van der Waals surface area (Å²) in [5.74, 6) is 0.429. The molecular formula is C11H21NO. The van der Waals surface area contributed by atoms with Crippen molar-refractivity contribution in [3.63, 3.8) is 0 Å². The second-order valence-electron chi connectivity index (χ2n) is 5.04. The van der Waals surface area contributed by atoms with Crippen molar-refractivity contribution in [2.24, 2.45) is 0 Å². The van der Waals surface area contributed by atoms with Crippen molar-refractivity contribution in [2.45, 2.75) is 58.5 Å². The zero-order chi connectivity index (χ0) is 10.1. The van der Waals surface area contributed by atoms with E-state index in [2.05, 4.69) is 32.6 Å². The zero-order valence-corrected chi connectivity index (χ0v) is 9.26. The Bertz CT molecular complexity index is 193. The van der Waals surface area contributed by atoms with Gasteiger partial charge >= 0.3 is 0 Å². The van der Waals surface area contributed by atoms with Crippen LogP contribution in [0.5, 0.6) is 0 Å². The highest BCUT2D eigenvalue weighted by molar-refractivity contribution is 5.78. The average molecular weight is 183 g/mol. The summed E-state index contributed by atoms with van der Waals surface area (Å²) < 4.78 is 0. The minimum absolute atomic E-state index is 0.198. The fourth-order valence-electron chi connectivity index (χ4n) is 2.11. The molecule has 0 aromatic carbocycles. The van der Waals surface area contributed by atoms with Crippen molar-refractivity contribution in [2.75, 3.05) is 6.54 Å². The molecule has 0 radical (unpaired) electrons. The molecule has 1 atom stereocenters. The van der Waals surface area contributed by atoms with Gasteiger partial charge in [0, 0.05) is 31.0 Å². The maximum atomic E-state index is 11.3. The molecule has 1 aliphatic rings. The Morgan fingerprint density at radius 1 is 1.31 bits per heavy atom. The largest absolute Gasteiger partial charge is 0.300 e. The summed E-state index contributed by atoms with van der Waals surface area (Å²) in [4.78, 5) is 13.7. The highest BCUT2D eigenvalue weighted by atomic mass is 16.1. The van der Waals surface area contributed by atoms with Crippen LogP contribution in [-0.4, -0.2) is 28.8 Å². The fourth-order valence-corrected chi connectivity index (χ4v) is 2.11. The highest BCUT2D eigenvalue weighted by Crippen LogP contribution is 2.23. The van der Waals surface area contributed by atoms with Gasteiger partial charge < -0.3 is 0 Å². The third kappa shape index (κ3) is 2.80. The normalized spacial score (nSPS) is 27.4. The summed E-state index contributed by atoms with van der Waals surface area (Å²) in [5, 5.41) is 0. The number of hydrogen-bond acceptors (Lipinski definition) is 2. The Kier molecular flexibility index (Phi) is 3.12. The van der Waals surface area contributed by atoms with Crippen LogP contribution in [-0.2, 0) is 4.79 Å². The van der Waals surface area contributed by atoms with Crippen molar-refractivity contribution in [1.29, 1.82) is 0 Å². The van der Waals surface area contributed by atoms with Gasteiger partial charge in [0.1, 0.15) is 5.78 Å². The van der Waals surface area contributed by atoms with Crippen LogP contribution in [0.15, 0.2) is 0 Å². The molecule has 76 valence electrons. The van der Waals surface area contributed by atoms with E-state index in [-0.39, 0.29) is 5.54 Å². The van der Waals surface area contributed by atoms with Gasteiger partial charge in [0.2, 0.25) is 0 Å². The third-order valence-corrected chi connectivity index (χ3v) is 2.87. The van der Waals surface area contributed by atoms with E-state index in [1.54, 1.807) is 0 Å². The van der Waals surface area contributed by atoms with E-state index in [9.17, 15) is 4.79 Å². The fraction of sp³-hybridized carbons (Fsp3) is 0.909. The standard InChI is InChI=1S/C11H21NO/c1-9-5-6-10(13)7-8-12(9)11(2,3)4/h9H,5-8H2,1-4H3. The van der Waals surface area contributed by atoms with E-state index in [0.29, 0.717) is 11.8 Å². The lowest BCUT2D eigenvalue weighted by Crippen LogP contribution is -2.46. The predicted molar refractivity (Wildman–Crippen MR) is 54.8 cm³/mol. The highest BCUT2D eigenvalue weighted by Gasteiger charge is 2.28. The molecule has 13 heavy (non-hydrogen) atoms. The Hall–Kier alpha value is -0.370. The molecule has 0 aromatic rings. The van der Waals surface area contributed by atoms with Crippen LogP contribution >= 0.6 is 0 Å². The van der Waals surface area contributed by atoms with Crippen LogP contribution in [0.4, 0.5) is 0 Å². The summed E-state index contributed by atoms with van der Waals surface area (Å²) in [5.41, 5.74) is 0.198. The number of nitrogens with zero attached hydrogens (tertiary/aromatic N) is 1. The summed E-state index contributed by atoms with van der Waals surface area (Å²) in [6.45, 7) is 9.82. The van der Waals surface area contributed by atoms with Crippen molar-refractivity contribution in [3.05, 3.63) is 0 Å². The van der Waals surface area contributed by atoms with E-state index in [1.165, 1.54) is 0 Å². The second-order valence-corrected chi connectivity index (χ2v) is 5.04. The van der Waals surface area contributed by atoms with Crippen molar-refractivity contribution >= 4 is 5.78 Å². The lowest BCUT2D eigenvalue weighted by atomic mass is 10.0. The van der Waals surface area contributed by atoms with Crippen LogP contribution < -0.4 is 0 Å². The number of ketones is 1. The molecule has 0 aromatic heterocycles. The number of carbonyl (C=O) groups is 1. The van der Waals surface area contributed by atoms with E-state index in [0.717, 1.165) is 25.8 Å². The lowest BCUT2D eigenvalue weighted by Gasteiger charge is -2.39. The van der Waals surface area contributed by atoms with Gasteiger partial charge in [-0.3, -0.25) is 9.69 Å². The molecule has 2 heteroatoms. The van der Waals surface area contributed by atoms with Crippen LogP contribution in [0.2, 0.25) is 0 Å². The van der Waals surface area contributed by atoms with Crippen molar-refractivity contribution < 1.29 is 4.79 Å². The predicted octanol–water partition coefficient (Wildman–Crippen LogP) is 2.23. The van der Waals surface area contributed by atoms with Crippen molar-refractivity contribution in [3.8, 4) is 0 Å². The molecule has 0 saturated carbocycles. The minimum Gasteiger partial charge on any atom is -0.300 e. The Morgan fingerprint density at radius 2 is 1.92 bits per heavy atom. The zero-order valence-electron chi connectivity index (χ0n) is 9.26. The van der Waals surface area contributed by atoms with Gasteiger partial charge in [0.15, 0.2) is 0 Å².